The van der Waals surface area contributed by atoms with Crippen molar-refractivity contribution in [2.45, 2.75) is 6.04 Å². The Balaban J connectivity index is 2.55. The fraction of sp³-hybridized carbons (Fsp3) is 0.143. The molecule has 0 amide bonds. The van der Waals surface area contributed by atoms with E-state index < -0.39 is 17.7 Å². The Labute approximate surface area is 137 Å². The van der Waals surface area contributed by atoms with Crippen molar-refractivity contribution >= 4 is 43.5 Å². The van der Waals surface area contributed by atoms with E-state index >= 15 is 0 Å². The first kappa shape index (κ1) is 15.9. The average molecular weight is 425 g/mol. The molecular formula is C14H10Br2ClF2N. The molecule has 0 heterocycles. The number of halogens is 5. The van der Waals surface area contributed by atoms with Gasteiger partial charge in [-0.2, -0.15) is 0 Å². The zero-order valence-corrected chi connectivity index (χ0v) is 14.3. The quantitative estimate of drug-likeness (QED) is 0.645. The Bertz CT molecular complexity index is 649. The third-order valence-corrected chi connectivity index (χ3v) is 4.34. The third kappa shape index (κ3) is 3.22. The molecule has 0 aliphatic carbocycles. The summed E-state index contributed by atoms with van der Waals surface area (Å²) in [6, 6.07) is 7.04. The molecule has 2 rings (SSSR count). The van der Waals surface area contributed by atoms with Crippen LogP contribution in [0.4, 0.5) is 8.78 Å². The van der Waals surface area contributed by atoms with Crippen molar-refractivity contribution in [1.82, 2.24) is 5.32 Å². The second-order valence-electron chi connectivity index (χ2n) is 4.18. The lowest BCUT2D eigenvalue weighted by atomic mass is 9.98. The van der Waals surface area contributed by atoms with Gasteiger partial charge in [0.25, 0.3) is 0 Å². The van der Waals surface area contributed by atoms with Gasteiger partial charge in [-0.25, -0.2) is 8.78 Å². The van der Waals surface area contributed by atoms with E-state index in [4.69, 9.17) is 11.6 Å². The van der Waals surface area contributed by atoms with Crippen molar-refractivity contribution in [2.75, 3.05) is 7.05 Å². The molecular weight excluding hydrogens is 415 g/mol. The van der Waals surface area contributed by atoms with Gasteiger partial charge in [0.1, 0.15) is 11.6 Å². The summed E-state index contributed by atoms with van der Waals surface area (Å²) < 4.78 is 28.6. The van der Waals surface area contributed by atoms with E-state index in [2.05, 4.69) is 37.2 Å². The van der Waals surface area contributed by atoms with Gasteiger partial charge in [-0.05, 0) is 52.8 Å². The van der Waals surface area contributed by atoms with Crippen molar-refractivity contribution in [3.8, 4) is 0 Å². The van der Waals surface area contributed by atoms with E-state index in [-0.39, 0.29) is 10.0 Å². The zero-order chi connectivity index (χ0) is 14.9. The Morgan fingerprint density at radius 3 is 2.35 bits per heavy atom. The molecule has 20 heavy (non-hydrogen) atoms. The highest BCUT2D eigenvalue weighted by Gasteiger charge is 2.20. The van der Waals surface area contributed by atoms with Gasteiger partial charge in [0.05, 0.1) is 10.5 Å². The van der Waals surface area contributed by atoms with Gasteiger partial charge in [-0.15, -0.1) is 0 Å². The van der Waals surface area contributed by atoms with Gasteiger partial charge in [-0.3, -0.25) is 0 Å². The van der Waals surface area contributed by atoms with Crippen LogP contribution in [-0.4, -0.2) is 7.05 Å². The van der Waals surface area contributed by atoms with Crippen LogP contribution in [-0.2, 0) is 0 Å². The summed E-state index contributed by atoms with van der Waals surface area (Å²) in [5.74, 6) is -1.02. The Hall–Kier alpha value is -0.490. The van der Waals surface area contributed by atoms with Crippen LogP contribution in [0.15, 0.2) is 39.3 Å². The van der Waals surface area contributed by atoms with E-state index in [1.807, 2.05) is 0 Å². The molecule has 1 unspecified atom stereocenters. The number of rotatable bonds is 3. The van der Waals surface area contributed by atoms with Gasteiger partial charge >= 0.3 is 0 Å². The van der Waals surface area contributed by atoms with Crippen LogP contribution in [0.1, 0.15) is 17.2 Å². The average Bonchev–Trinajstić information content (AvgIpc) is 2.38. The second-order valence-corrected chi connectivity index (χ2v) is 6.35. The number of nitrogens with one attached hydrogen (secondary N) is 1. The molecule has 0 aromatic heterocycles. The van der Waals surface area contributed by atoms with E-state index in [0.29, 0.717) is 10.6 Å². The first-order chi connectivity index (χ1) is 9.43. The third-order valence-electron chi connectivity index (χ3n) is 2.91. The largest absolute Gasteiger partial charge is 0.309 e. The molecule has 106 valence electrons. The summed E-state index contributed by atoms with van der Waals surface area (Å²) in [7, 11) is 1.67. The molecule has 1 atom stereocenters. The molecule has 0 bridgehead atoms. The topological polar surface area (TPSA) is 12.0 Å². The van der Waals surface area contributed by atoms with E-state index in [1.165, 1.54) is 6.07 Å². The lowest BCUT2D eigenvalue weighted by molar-refractivity contribution is 0.555. The molecule has 0 spiro atoms. The minimum absolute atomic E-state index is 0.0931. The lowest BCUT2D eigenvalue weighted by Crippen LogP contribution is -2.19. The normalized spacial score (nSPS) is 12.5. The molecule has 1 N–H and O–H groups in total. The minimum atomic E-state index is -0.529. The van der Waals surface area contributed by atoms with Gasteiger partial charge in [0, 0.05) is 15.1 Å². The Morgan fingerprint density at radius 1 is 1.05 bits per heavy atom. The van der Waals surface area contributed by atoms with Crippen LogP contribution in [0.3, 0.4) is 0 Å². The van der Waals surface area contributed by atoms with E-state index in [0.717, 1.165) is 10.5 Å². The standard InChI is InChI=1S/C14H10Br2ClF2N/c1-20-14(8-3-2-7(15)4-11(8)17)9-5-13(19)10(16)6-12(9)18/h2-6,14,20H,1H3. The second kappa shape index (κ2) is 6.52. The van der Waals surface area contributed by atoms with Gasteiger partial charge in [0.2, 0.25) is 0 Å². The van der Waals surface area contributed by atoms with Crippen LogP contribution in [0.25, 0.3) is 0 Å². The first-order valence-corrected chi connectivity index (χ1v) is 7.67. The smallest absolute Gasteiger partial charge is 0.137 e. The number of hydrogen-bond donors (Lipinski definition) is 1. The molecule has 0 aliphatic rings. The lowest BCUT2D eigenvalue weighted by Gasteiger charge is -2.19. The molecule has 6 heteroatoms. The van der Waals surface area contributed by atoms with Crippen molar-refractivity contribution in [2.24, 2.45) is 0 Å². The maximum absolute atomic E-state index is 14.1. The van der Waals surface area contributed by atoms with Crippen LogP contribution >= 0.6 is 43.5 Å². The Morgan fingerprint density at radius 2 is 1.75 bits per heavy atom. The first-order valence-electron chi connectivity index (χ1n) is 5.70. The fourth-order valence-corrected chi connectivity index (χ4v) is 3.07. The molecule has 0 radical (unpaired) electrons. The zero-order valence-electron chi connectivity index (χ0n) is 10.4. The van der Waals surface area contributed by atoms with Gasteiger partial charge in [0.15, 0.2) is 0 Å². The van der Waals surface area contributed by atoms with Gasteiger partial charge in [-0.1, -0.05) is 33.6 Å². The summed E-state index contributed by atoms with van der Waals surface area (Å²) in [6.07, 6.45) is 0. The maximum atomic E-state index is 14.1. The summed E-state index contributed by atoms with van der Waals surface area (Å²) in [5.41, 5.74) is 0.885. The molecule has 0 saturated carbocycles. The highest BCUT2D eigenvalue weighted by atomic mass is 79.9. The molecule has 2 aromatic rings. The van der Waals surface area contributed by atoms with Crippen LogP contribution in [0.5, 0.6) is 0 Å². The predicted molar refractivity (Wildman–Crippen MR) is 84.1 cm³/mol. The molecule has 0 aliphatic heterocycles. The van der Waals surface area contributed by atoms with E-state index in [1.54, 1.807) is 25.2 Å². The maximum Gasteiger partial charge on any atom is 0.137 e. The van der Waals surface area contributed by atoms with Crippen molar-refractivity contribution in [3.63, 3.8) is 0 Å². The van der Waals surface area contributed by atoms with Crippen LogP contribution in [0.2, 0.25) is 5.02 Å². The number of hydrogen-bond acceptors (Lipinski definition) is 1. The van der Waals surface area contributed by atoms with Crippen LogP contribution < -0.4 is 5.32 Å². The minimum Gasteiger partial charge on any atom is -0.309 e. The van der Waals surface area contributed by atoms with Crippen molar-refractivity contribution in [3.05, 3.63) is 67.1 Å². The van der Waals surface area contributed by atoms with Crippen molar-refractivity contribution in [1.29, 1.82) is 0 Å². The van der Waals surface area contributed by atoms with Crippen molar-refractivity contribution < 1.29 is 8.78 Å². The van der Waals surface area contributed by atoms with Gasteiger partial charge < -0.3 is 5.32 Å². The monoisotopic (exact) mass is 423 g/mol. The number of benzene rings is 2. The molecule has 1 nitrogen and oxygen atoms in total. The Kier molecular flexibility index (Phi) is 5.18. The highest BCUT2D eigenvalue weighted by Crippen LogP contribution is 2.33. The molecule has 2 aromatic carbocycles. The van der Waals surface area contributed by atoms with Crippen LogP contribution in [0, 0.1) is 11.6 Å². The fourth-order valence-electron chi connectivity index (χ4n) is 1.97. The summed E-state index contributed by atoms with van der Waals surface area (Å²) >= 11 is 12.5. The SMILES string of the molecule is CNC(c1cc(F)c(Br)cc1F)c1ccc(Br)cc1Cl. The summed E-state index contributed by atoms with van der Waals surface area (Å²) in [6.45, 7) is 0. The summed E-state index contributed by atoms with van der Waals surface area (Å²) in [4.78, 5) is 0. The van der Waals surface area contributed by atoms with E-state index in [9.17, 15) is 8.78 Å². The molecule has 0 saturated heterocycles. The summed E-state index contributed by atoms with van der Waals surface area (Å²) in [5, 5.41) is 3.43. The molecule has 0 fully saturated rings. The predicted octanol–water partition coefficient (Wildman–Crippen LogP) is 5.45. The highest BCUT2D eigenvalue weighted by molar-refractivity contribution is 9.10.